The summed E-state index contributed by atoms with van der Waals surface area (Å²) in [6.07, 6.45) is 3.64. The molecule has 0 fully saturated rings. The fourth-order valence-corrected chi connectivity index (χ4v) is 1.53. The Balaban J connectivity index is 2.71. The van der Waals surface area contributed by atoms with Crippen LogP contribution in [0.5, 0.6) is 0 Å². The van der Waals surface area contributed by atoms with E-state index in [2.05, 4.69) is 23.0 Å². The molecule has 1 rings (SSSR count). The van der Waals surface area contributed by atoms with Gasteiger partial charge in [0, 0.05) is 25.4 Å². The van der Waals surface area contributed by atoms with E-state index in [9.17, 15) is 0 Å². The number of hydrogen-bond donors (Lipinski definition) is 0. The van der Waals surface area contributed by atoms with Crippen LogP contribution in [-0.4, -0.2) is 23.6 Å². The van der Waals surface area contributed by atoms with Crippen LogP contribution < -0.4 is 4.90 Å². The summed E-state index contributed by atoms with van der Waals surface area (Å²) >= 11 is 0. The lowest BCUT2D eigenvalue weighted by molar-refractivity contribution is 0.707. The Morgan fingerprint density at radius 1 is 1.50 bits per heavy atom. The van der Waals surface area contributed by atoms with Crippen molar-refractivity contribution in [2.45, 2.75) is 26.7 Å². The number of hydrogen-bond acceptors (Lipinski definition) is 4. The summed E-state index contributed by atoms with van der Waals surface area (Å²) in [6.45, 7) is 4.73. The second kappa shape index (κ2) is 6.06. The smallest absolute Gasteiger partial charge is 0.131 e. The Morgan fingerprint density at radius 3 is 2.88 bits per heavy atom. The summed E-state index contributed by atoms with van der Waals surface area (Å²) < 4.78 is 0. The first kappa shape index (κ1) is 12.4. The first-order valence-corrected chi connectivity index (χ1v) is 5.59. The van der Waals surface area contributed by atoms with Gasteiger partial charge in [-0.2, -0.15) is 5.26 Å². The quantitative estimate of drug-likeness (QED) is 0.758. The van der Waals surface area contributed by atoms with Crippen LogP contribution in [0.25, 0.3) is 0 Å². The molecule has 1 atom stereocenters. The van der Waals surface area contributed by atoms with Gasteiger partial charge < -0.3 is 4.90 Å². The van der Waals surface area contributed by atoms with Crippen LogP contribution in [0.1, 0.15) is 26.0 Å². The summed E-state index contributed by atoms with van der Waals surface area (Å²) in [5.41, 5.74) is 1.06. The number of anilines is 1. The van der Waals surface area contributed by atoms with Gasteiger partial charge in [0.2, 0.25) is 0 Å². The molecule has 0 saturated heterocycles. The second-order valence-electron chi connectivity index (χ2n) is 4.03. The van der Waals surface area contributed by atoms with E-state index in [1.165, 1.54) is 0 Å². The average Bonchev–Trinajstić information content (AvgIpc) is 2.29. The molecule has 0 bridgehead atoms. The van der Waals surface area contributed by atoms with Gasteiger partial charge in [-0.15, -0.1) is 0 Å². The van der Waals surface area contributed by atoms with Crippen molar-refractivity contribution in [2.24, 2.45) is 5.92 Å². The lowest BCUT2D eigenvalue weighted by Crippen LogP contribution is -2.24. The number of aromatic nitrogens is 2. The molecule has 0 aliphatic rings. The van der Waals surface area contributed by atoms with Crippen LogP contribution in [0.2, 0.25) is 0 Å². The first-order chi connectivity index (χ1) is 7.67. The van der Waals surface area contributed by atoms with Gasteiger partial charge in [-0.05, 0) is 13.3 Å². The van der Waals surface area contributed by atoms with E-state index in [1.807, 2.05) is 24.9 Å². The lowest BCUT2D eigenvalue weighted by atomic mass is 10.2. The Morgan fingerprint density at radius 2 is 2.25 bits per heavy atom. The highest BCUT2D eigenvalue weighted by atomic mass is 15.2. The van der Waals surface area contributed by atoms with Crippen molar-refractivity contribution >= 4 is 5.82 Å². The summed E-state index contributed by atoms with van der Waals surface area (Å²) in [5.74, 6) is 0.898. The third-order valence-electron chi connectivity index (χ3n) is 2.37. The van der Waals surface area contributed by atoms with E-state index in [1.54, 1.807) is 6.33 Å². The molecule has 0 amide bonds. The summed E-state index contributed by atoms with van der Waals surface area (Å²) in [4.78, 5) is 10.4. The molecule has 1 unspecified atom stereocenters. The molecule has 1 aromatic heterocycles. The first-order valence-electron chi connectivity index (χ1n) is 5.59. The second-order valence-corrected chi connectivity index (χ2v) is 4.03. The van der Waals surface area contributed by atoms with Gasteiger partial charge in [-0.1, -0.05) is 13.3 Å². The van der Waals surface area contributed by atoms with Gasteiger partial charge in [-0.3, -0.25) is 0 Å². The van der Waals surface area contributed by atoms with E-state index < -0.39 is 0 Å². The minimum atomic E-state index is 0.00888. The summed E-state index contributed by atoms with van der Waals surface area (Å²) in [5, 5.41) is 8.76. The molecule has 4 nitrogen and oxygen atoms in total. The van der Waals surface area contributed by atoms with Gasteiger partial charge in [-0.25, -0.2) is 9.97 Å². The highest BCUT2D eigenvalue weighted by Gasteiger charge is 2.08. The molecule has 0 spiro atoms. The number of nitriles is 1. The van der Waals surface area contributed by atoms with Crippen molar-refractivity contribution in [3.8, 4) is 6.07 Å². The molecule has 4 heteroatoms. The molecule has 0 aromatic carbocycles. The van der Waals surface area contributed by atoms with Crippen LogP contribution in [0.3, 0.4) is 0 Å². The van der Waals surface area contributed by atoms with E-state index in [4.69, 9.17) is 5.26 Å². The fourth-order valence-electron chi connectivity index (χ4n) is 1.53. The van der Waals surface area contributed by atoms with Crippen molar-refractivity contribution in [3.63, 3.8) is 0 Å². The largest absolute Gasteiger partial charge is 0.358 e. The molecule has 0 saturated carbocycles. The zero-order valence-electron chi connectivity index (χ0n) is 10.1. The van der Waals surface area contributed by atoms with Gasteiger partial charge >= 0.3 is 0 Å². The SMILES string of the molecule is CCCc1cc(N(C)CC(C)C#N)ncn1. The van der Waals surface area contributed by atoms with Gasteiger partial charge in [0.15, 0.2) is 0 Å². The van der Waals surface area contributed by atoms with Crippen LogP contribution in [0, 0.1) is 17.2 Å². The number of rotatable bonds is 5. The molecule has 0 aliphatic heterocycles. The molecule has 0 radical (unpaired) electrons. The maximum absolute atomic E-state index is 8.76. The predicted octanol–water partition coefficient (Wildman–Crippen LogP) is 2.02. The maximum atomic E-state index is 8.76. The predicted molar refractivity (Wildman–Crippen MR) is 64.1 cm³/mol. The molecule has 1 aromatic rings. The number of aryl methyl sites for hydroxylation is 1. The molecule has 86 valence electrons. The molecule has 16 heavy (non-hydrogen) atoms. The average molecular weight is 218 g/mol. The minimum Gasteiger partial charge on any atom is -0.358 e. The summed E-state index contributed by atoms with van der Waals surface area (Å²) in [6, 6.07) is 4.21. The van der Waals surface area contributed by atoms with Crippen molar-refractivity contribution in [1.82, 2.24) is 9.97 Å². The Hall–Kier alpha value is -1.63. The Labute approximate surface area is 96.9 Å². The third-order valence-corrected chi connectivity index (χ3v) is 2.37. The standard InChI is InChI=1S/C12H18N4/c1-4-5-11-6-12(15-9-14-11)16(3)8-10(2)7-13/h6,9-10H,4-5,8H2,1-3H3. The Kier molecular flexibility index (Phi) is 4.71. The zero-order chi connectivity index (χ0) is 12.0. The molecular formula is C12H18N4. The highest BCUT2D eigenvalue weighted by molar-refractivity contribution is 5.38. The van der Waals surface area contributed by atoms with Crippen molar-refractivity contribution in [3.05, 3.63) is 18.1 Å². The van der Waals surface area contributed by atoms with Gasteiger partial charge in [0.05, 0.1) is 12.0 Å². The van der Waals surface area contributed by atoms with E-state index in [-0.39, 0.29) is 5.92 Å². The monoisotopic (exact) mass is 218 g/mol. The topological polar surface area (TPSA) is 52.8 Å². The van der Waals surface area contributed by atoms with Crippen molar-refractivity contribution in [2.75, 3.05) is 18.5 Å². The fraction of sp³-hybridized carbons (Fsp3) is 0.583. The minimum absolute atomic E-state index is 0.00888. The lowest BCUT2D eigenvalue weighted by Gasteiger charge is -2.19. The maximum Gasteiger partial charge on any atom is 0.131 e. The molecule has 1 heterocycles. The van der Waals surface area contributed by atoms with Crippen LogP contribution >= 0.6 is 0 Å². The zero-order valence-corrected chi connectivity index (χ0v) is 10.1. The van der Waals surface area contributed by atoms with Crippen LogP contribution in [0.15, 0.2) is 12.4 Å². The third kappa shape index (κ3) is 3.50. The van der Waals surface area contributed by atoms with Gasteiger partial charge in [0.1, 0.15) is 12.1 Å². The van der Waals surface area contributed by atoms with Crippen LogP contribution in [-0.2, 0) is 6.42 Å². The summed E-state index contributed by atoms with van der Waals surface area (Å²) in [7, 11) is 1.95. The van der Waals surface area contributed by atoms with Crippen molar-refractivity contribution < 1.29 is 0 Å². The van der Waals surface area contributed by atoms with E-state index >= 15 is 0 Å². The molecular weight excluding hydrogens is 200 g/mol. The van der Waals surface area contributed by atoms with E-state index in [0.29, 0.717) is 6.54 Å². The van der Waals surface area contributed by atoms with Crippen molar-refractivity contribution in [1.29, 1.82) is 5.26 Å². The van der Waals surface area contributed by atoms with Crippen LogP contribution in [0.4, 0.5) is 5.82 Å². The highest BCUT2D eigenvalue weighted by Crippen LogP contribution is 2.11. The normalized spacial score (nSPS) is 11.9. The molecule has 0 aliphatic carbocycles. The Bertz CT molecular complexity index is 370. The van der Waals surface area contributed by atoms with E-state index in [0.717, 1.165) is 24.4 Å². The molecule has 0 N–H and O–H groups in total. The van der Waals surface area contributed by atoms with Gasteiger partial charge in [0.25, 0.3) is 0 Å². The number of nitrogens with zero attached hydrogens (tertiary/aromatic N) is 4.